The number of nitrogens with zero attached hydrogens (tertiary/aromatic N) is 2. The Morgan fingerprint density at radius 2 is 1.72 bits per heavy atom. The minimum absolute atomic E-state index is 0.0208. The third-order valence-corrected chi connectivity index (χ3v) is 9.98. The Hall–Kier alpha value is -2.98. The summed E-state index contributed by atoms with van der Waals surface area (Å²) < 4.78 is 5.04. The number of carboxylic acids is 1. The van der Waals surface area contributed by atoms with E-state index >= 15 is 0 Å². The number of carbonyl (C=O) groups excluding carboxylic acids is 1. The van der Waals surface area contributed by atoms with E-state index in [1.54, 1.807) is 12.3 Å². The van der Waals surface area contributed by atoms with Crippen LogP contribution in [0.15, 0.2) is 59.5 Å². The Balaban J connectivity index is 1.92. The standard InChI is InChI=1S/C35H47IN3O4/c1-8-36-38(7)16-14-27-15-17-39(32(40)20-27)31(13-12-23(2)3)35(43)37-30(22-33(41)42)28-10-9-11-29(21-28)34-25(5)18-24(4)19-26(34)6/h9-11,15,17-21,23,30-31H,8,12-14,16,22H2,1-7H3,(H,37,43)(H,41,42)/q-1/t30-,31-/m0/s1. The molecule has 0 unspecified atom stereocenters. The number of nitrogens with one attached hydrogen (secondary N) is 1. The summed E-state index contributed by atoms with van der Waals surface area (Å²) in [6.45, 7) is 13.5. The van der Waals surface area contributed by atoms with Crippen molar-refractivity contribution >= 4 is 11.9 Å². The van der Waals surface area contributed by atoms with E-state index in [-0.39, 0.29) is 39.4 Å². The molecule has 0 aliphatic heterocycles. The Kier molecular flexibility index (Phi) is 13.0. The van der Waals surface area contributed by atoms with E-state index < -0.39 is 18.1 Å². The molecule has 0 aliphatic rings. The molecule has 0 radical (unpaired) electrons. The maximum absolute atomic E-state index is 13.9. The van der Waals surface area contributed by atoms with Crippen molar-refractivity contribution in [2.24, 2.45) is 5.92 Å². The predicted octanol–water partition coefficient (Wildman–Crippen LogP) is 3.25. The molecule has 234 valence electrons. The molecular weight excluding hydrogens is 653 g/mol. The van der Waals surface area contributed by atoms with Crippen LogP contribution in [0.5, 0.6) is 0 Å². The monoisotopic (exact) mass is 700 g/mol. The molecule has 1 aromatic heterocycles. The first-order chi connectivity index (χ1) is 20.4. The van der Waals surface area contributed by atoms with E-state index in [2.05, 4.69) is 69.2 Å². The summed E-state index contributed by atoms with van der Waals surface area (Å²) in [7, 11) is 2.12. The summed E-state index contributed by atoms with van der Waals surface area (Å²) in [6.07, 6.45) is 3.48. The maximum atomic E-state index is 13.9. The first-order valence-corrected chi connectivity index (χ1v) is 17.6. The quantitative estimate of drug-likeness (QED) is 0.145. The molecule has 0 spiro atoms. The zero-order valence-electron chi connectivity index (χ0n) is 26.6. The van der Waals surface area contributed by atoms with Gasteiger partial charge in [0.05, 0.1) is 0 Å². The molecule has 2 atom stereocenters. The average Bonchev–Trinajstić information content (AvgIpc) is 2.92. The molecule has 0 saturated heterocycles. The number of rotatable bonds is 15. The van der Waals surface area contributed by atoms with Crippen LogP contribution in [0.25, 0.3) is 11.1 Å². The number of halogens is 1. The van der Waals surface area contributed by atoms with E-state index in [0.29, 0.717) is 12.3 Å². The molecule has 1 heterocycles. The first-order valence-electron chi connectivity index (χ1n) is 15.1. The van der Waals surface area contributed by atoms with Gasteiger partial charge in [-0.15, -0.1) is 0 Å². The van der Waals surface area contributed by atoms with Crippen LogP contribution < -0.4 is 32.4 Å². The van der Waals surface area contributed by atoms with Crippen molar-refractivity contribution in [3.8, 4) is 11.1 Å². The molecule has 3 aromatic rings. The van der Waals surface area contributed by atoms with Gasteiger partial charge in [-0.25, -0.2) is 0 Å². The third kappa shape index (κ3) is 10.0. The number of likely N-dealkylation sites (N-methyl/N-ethyl adjacent to an activating group) is 1. The molecule has 0 fully saturated rings. The molecule has 7 nitrogen and oxygen atoms in total. The number of hydrogen-bond donors (Lipinski definition) is 2. The van der Waals surface area contributed by atoms with Gasteiger partial charge in [0.15, 0.2) is 0 Å². The van der Waals surface area contributed by atoms with Gasteiger partial charge in [-0.3, -0.25) is 4.79 Å². The number of aliphatic carboxylic acids is 1. The molecule has 0 aliphatic carbocycles. The Labute approximate surface area is 267 Å². The average molecular weight is 701 g/mol. The van der Waals surface area contributed by atoms with Gasteiger partial charge in [0, 0.05) is 0 Å². The Morgan fingerprint density at radius 3 is 2.33 bits per heavy atom. The van der Waals surface area contributed by atoms with Crippen LogP contribution in [0.3, 0.4) is 0 Å². The van der Waals surface area contributed by atoms with Crippen molar-refractivity contribution in [1.82, 2.24) is 13.0 Å². The third-order valence-electron chi connectivity index (χ3n) is 7.65. The van der Waals surface area contributed by atoms with Crippen LogP contribution in [0.1, 0.15) is 79.9 Å². The molecular formula is C35H47IN3O4-. The second-order valence-electron chi connectivity index (χ2n) is 11.8. The summed E-state index contributed by atoms with van der Waals surface area (Å²) in [5.74, 6) is -1.01. The molecule has 2 aromatic carbocycles. The number of carboxylic acid groups (broad SMARTS) is 1. The van der Waals surface area contributed by atoms with E-state index in [1.807, 2.05) is 30.3 Å². The number of hydrogen-bond acceptors (Lipinski definition) is 4. The van der Waals surface area contributed by atoms with Gasteiger partial charge >= 0.3 is 173 Å². The topological polar surface area (TPSA) is 91.6 Å². The first kappa shape index (κ1) is 34.5. The van der Waals surface area contributed by atoms with Crippen molar-refractivity contribution in [2.45, 2.75) is 79.3 Å². The van der Waals surface area contributed by atoms with Crippen molar-refractivity contribution in [3.05, 3.63) is 92.9 Å². The molecule has 0 saturated carbocycles. The van der Waals surface area contributed by atoms with Crippen molar-refractivity contribution < 1.29 is 36.2 Å². The number of pyridine rings is 1. The van der Waals surface area contributed by atoms with Crippen LogP contribution in [-0.2, 0) is 16.0 Å². The van der Waals surface area contributed by atoms with E-state index in [1.165, 1.54) is 14.6 Å². The normalized spacial score (nSPS) is 13.0. The molecule has 2 N–H and O–H groups in total. The number of aryl methyl sites for hydroxylation is 3. The van der Waals surface area contributed by atoms with Gasteiger partial charge in [0.1, 0.15) is 0 Å². The fourth-order valence-electron chi connectivity index (χ4n) is 5.62. The van der Waals surface area contributed by atoms with Crippen LogP contribution in [0.4, 0.5) is 0 Å². The van der Waals surface area contributed by atoms with Gasteiger partial charge in [-0.2, -0.15) is 0 Å². The van der Waals surface area contributed by atoms with E-state index in [4.69, 9.17) is 0 Å². The minimum atomic E-state index is -1.01. The number of benzene rings is 2. The summed E-state index contributed by atoms with van der Waals surface area (Å²) in [5.41, 5.74) is 7.02. The van der Waals surface area contributed by atoms with Gasteiger partial charge in [-0.1, -0.05) is 35.9 Å². The molecule has 0 bridgehead atoms. The second-order valence-corrected chi connectivity index (χ2v) is 15.6. The summed E-state index contributed by atoms with van der Waals surface area (Å²) in [4.78, 5) is 39.1. The van der Waals surface area contributed by atoms with Crippen molar-refractivity contribution in [2.75, 3.05) is 18.0 Å². The molecule has 43 heavy (non-hydrogen) atoms. The summed E-state index contributed by atoms with van der Waals surface area (Å²) in [5, 5.41) is 12.8. The number of carbonyl (C=O) groups is 2. The summed E-state index contributed by atoms with van der Waals surface area (Å²) in [6, 6.07) is 14.1. The van der Waals surface area contributed by atoms with Crippen LogP contribution in [-0.4, -0.2) is 42.7 Å². The van der Waals surface area contributed by atoms with Crippen molar-refractivity contribution in [3.63, 3.8) is 0 Å². The number of alkyl halides is 1. The fraction of sp³-hybridized carbons (Fsp3) is 0.457. The Bertz CT molecular complexity index is 1440. The zero-order chi connectivity index (χ0) is 31.7. The SMILES string of the molecule is CC[I-]N(C)CCc1ccn([C@@H](CCC(C)C)C(=O)N[C@@H](CC(=O)O)c2cccc(-c3c(C)cc(C)cc3C)c2)c(=O)c1. The van der Waals surface area contributed by atoms with E-state index in [0.717, 1.165) is 52.8 Å². The fourth-order valence-corrected chi connectivity index (χ4v) is 7.37. The number of aromatic nitrogens is 1. The zero-order valence-corrected chi connectivity index (χ0v) is 28.8. The van der Waals surface area contributed by atoms with Gasteiger partial charge in [0.2, 0.25) is 0 Å². The number of amides is 1. The van der Waals surface area contributed by atoms with Gasteiger partial charge in [0.25, 0.3) is 0 Å². The second kappa shape index (κ2) is 16.2. The van der Waals surface area contributed by atoms with E-state index in [9.17, 15) is 19.5 Å². The molecule has 3 rings (SSSR count). The Morgan fingerprint density at radius 1 is 1.02 bits per heavy atom. The van der Waals surface area contributed by atoms with Crippen LogP contribution in [0, 0.1) is 26.7 Å². The molecule has 1 amide bonds. The van der Waals surface area contributed by atoms with Crippen LogP contribution >= 0.6 is 0 Å². The molecule has 8 heteroatoms. The van der Waals surface area contributed by atoms with Crippen LogP contribution in [0.2, 0.25) is 0 Å². The van der Waals surface area contributed by atoms with Crippen molar-refractivity contribution in [1.29, 1.82) is 0 Å². The summed E-state index contributed by atoms with van der Waals surface area (Å²) >= 11 is 0.0208. The van der Waals surface area contributed by atoms with Gasteiger partial charge in [-0.05, 0) is 49.1 Å². The van der Waals surface area contributed by atoms with Gasteiger partial charge < -0.3 is 5.11 Å². The predicted molar refractivity (Wildman–Crippen MR) is 170 cm³/mol.